The summed E-state index contributed by atoms with van der Waals surface area (Å²) in [5, 5.41) is 3.32. The zero-order chi connectivity index (χ0) is 21.4. The first-order chi connectivity index (χ1) is 13.7. The minimum atomic E-state index is -4.15. The molecule has 174 valence electrons. The standard InChI is InChI=1S/C20H35F3N6.HI/c1-5-24-19(26-11-18-25-8-10-28(18)12-16(3)4)29-9-7-17(14-29)13-27(6-2)15-20(21,22)23;/h8,10,16-17H,5-7,9,11-15H2,1-4H3,(H,24,26);1H. The van der Waals surface area contributed by atoms with Crippen LogP contribution in [0.5, 0.6) is 0 Å². The van der Waals surface area contributed by atoms with Crippen molar-refractivity contribution in [2.75, 3.05) is 39.3 Å². The van der Waals surface area contributed by atoms with Crippen LogP contribution in [0.3, 0.4) is 0 Å². The molecule has 1 N–H and O–H groups in total. The smallest absolute Gasteiger partial charge is 0.357 e. The third-order valence-corrected chi connectivity index (χ3v) is 5.02. The van der Waals surface area contributed by atoms with Crippen LogP contribution in [0.2, 0.25) is 0 Å². The van der Waals surface area contributed by atoms with Gasteiger partial charge in [-0.05, 0) is 31.7 Å². The van der Waals surface area contributed by atoms with Crippen molar-refractivity contribution in [2.45, 2.75) is 53.4 Å². The van der Waals surface area contributed by atoms with Gasteiger partial charge in [-0.2, -0.15) is 13.2 Å². The summed E-state index contributed by atoms with van der Waals surface area (Å²) in [7, 11) is 0. The van der Waals surface area contributed by atoms with Gasteiger partial charge in [0.2, 0.25) is 0 Å². The van der Waals surface area contributed by atoms with E-state index in [-0.39, 0.29) is 29.9 Å². The predicted molar refractivity (Wildman–Crippen MR) is 125 cm³/mol. The molecule has 2 rings (SSSR count). The van der Waals surface area contributed by atoms with Crippen LogP contribution in [0.4, 0.5) is 13.2 Å². The molecule has 30 heavy (non-hydrogen) atoms. The van der Waals surface area contributed by atoms with Gasteiger partial charge < -0.3 is 14.8 Å². The molecule has 1 aliphatic heterocycles. The maximum Gasteiger partial charge on any atom is 0.401 e. The summed E-state index contributed by atoms with van der Waals surface area (Å²) in [4.78, 5) is 12.8. The Balaban J connectivity index is 0.00000450. The number of aliphatic imine (C=N–C) groups is 1. The third kappa shape index (κ3) is 8.99. The van der Waals surface area contributed by atoms with E-state index in [9.17, 15) is 13.2 Å². The fraction of sp³-hybridized carbons (Fsp3) is 0.800. The SMILES string of the molecule is CCNC(=NCc1nccn1CC(C)C)N1CCC(CN(CC)CC(F)(F)F)C1.I. The molecule has 10 heteroatoms. The zero-order valence-electron chi connectivity index (χ0n) is 18.5. The molecule has 0 radical (unpaired) electrons. The lowest BCUT2D eigenvalue weighted by Gasteiger charge is -2.26. The van der Waals surface area contributed by atoms with Crippen LogP contribution < -0.4 is 5.32 Å². The fourth-order valence-electron chi connectivity index (χ4n) is 3.72. The molecule has 1 saturated heterocycles. The second-order valence-electron chi connectivity index (χ2n) is 8.10. The Morgan fingerprint density at radius 1 is 1.37 bits per heavy atom. The molecule has 0 saturated carbocycles. The van der Waals surface area contributed by atoms with Crippen molar-refractivity contribution in [3.05, 3.63) is 18.2 Å². The number of nitrogens with zero attached hydrogens (tertiary/aromatic N) is 5. The summed E-state index contributed by atoms with van der Waals surface area (Å²) in [5.41, 5.74) is 0. The van der Waals surface area contributed by atoms with Gasteiger partial charge in [0.1, 0.15) is 12.4 Å². The molecule has 1 atom stereocenters. The molecule has 6 nitrogen and oxygen atoms in total. The Hall–Kier alpha value is -1.04. The van der Waals surface area contributed by atoms with Crippen LogP contribution in [0, 0.1) is 11.8 Å². The normalized spacial score (nSPS) is 17.7. The highest BCUT2D eigenvalue weighted by molar-refractivity contribution is 14.0. The number of hydrogen-bond donors (Lipinski definition) is 1. The average Bonchev–Trinajstić information content (AvgIpc) is 3.26. The van der Waals surface area contributed by atoms with Crippen LogP contribution in [-0.2, 0) is 13.1 Å². The molecule has 0 spiro atoms. The fourth-order valence-corrected chi connectivity index (χ4v) is 3.72. The number of rotatable bonds is 9. The number of imidazole rings is 1. The molecule has 0 aliphatic carbocycles. The Labute approximate surface area is 195 Å². The Bertz CT molecular complexity index is 647. The molecule has 0 bridgehead atoms. The first-order valence-electron chi connectivity index (χ1n) is 10.5. The van der Waals surface area contributed by atoms with E-state index in [1.807, 2.05) is 13.1 Å². The van der Waals surface area contributed by atoms with Gasteiger partial charge in [-0.1, -0.05) is 20.8 Å². The first-order valence-corrected chi connectivity index (χ1v) is 10.5. The van der Waals surface area contributed by atoms with Gasteiger partial charge in [-0.3, -0.25) is 4.90 Å². The third-order valence-electron chi connectivity index (χ3n) is 5.02. The van der Waals surface area contributed by atoms with Crippen LogP contribution in [0.25, 0.3) is 0 Å². The minimum absolute atomic E-state index is 0. The van der Waals surface area contributed by atoms with Gasteiger partial charge in [0.15, 0.2) is 5.96 Å². The van der Waals surface area contributed by atoms with E-state index < -0.39 is 12.7 Å². The van der Waals surface area contributed by atoms with Crippen LogP contribution in [0.1, 0.15) is 39.9 Å². The summed E-state index contributed by atoms with van der Waals surface area (Å²) in [5.74, 6) is 2.47. The van der Waals surface area contributed by atoms with Crippen LogP contribution in [0.15, 0.2) is 17.4 Å². The lowest BCUT2D eigenvalue weighted by Crippen LogP contribution is -2.41. The number of alkyl halides is 3. The molecule has 1 fully saturated rings. The Morgan fingerprint density at radius 2 is 2.10 bits per heavy atom. The van der Waals surface area contributed by atoms with Crippen molar-refractivity contribution in [3.63, 3.8) is 0 Å². The van der Waals surface area contributed by atoms with Crippen molar-refractivity contribution in [3.8, 4) is 0 Å². The summed E-state index contributed by atoms with van der Waals surface area (Å²) in [6.45, 7) is 11.8. The van der Waals surface area contributed by atoms with E-state index in [1.165, 1.54) is 4.90 Å². The van der Waals surface area contributed by atoms with E-state index in [1.54, 1.807) is 13.1 Å². The van der Waals surface area contributed by atoms with Gasteiger partial charge in [-0.15, -0.1) is 24.0 Å². The summed E-state index contributed by atoms with van der Waals surface area (Å²) < 4.78 is 40.3. The van der Waals surface area contributed by atoms with E-state index in [0.29, 0.717) is 25.6 Å². The highest BCUT2D eigenvalue weighted by Gasteiger charge is 2.33. The molecule has 1 aromatic heterocycles. The maximum atomic E-state index is 12.7. The Kier molecular flexibility index (Phi) is 11.5. The van der Waals surface area contributed by atoms with Crippen LogP contribution >= 0.6 is 24.0 Å². The van der Waals surface area contributed by atoms with Crippen molar-refractivity contribution in [2.24, 2.45) is 16.8 Å². The van der Waals surface area contributed by atoms with E-state index >= 15 is 0 Å². The van der Waals surface area contributed by atoms with Crippen LogP contribution in [-0.4, -0.2) is 70.8 Å². The quantitative estimate of drug-likeness (QED) is 0.292. The van der Waals surface area contributed by atoms with Gasteiger partial charge >= 0.3 is 6.18 Å². The summed E-state index contributed by atoms with van der Waals surface area (Å²) >= 11 is 0. The molecule has 0 amide bonds. The summed E-state index contributed by atoms with van der Waals surface area (Å²) in [6, 6.07) is 0. The number of aromatic nitrogens is 2. The predicted octanol–water partition coefficient (Wildman–Crippen LogP) is 3.83. The molecular formula is C20H36F3IN6. The lowest BCUT2D eigenvalue weighted by atomic mass is 10.1. The number of nitrogens with one attached hydrogen (secondary N) is 1. The van der Waals surface area contributed by atoms with Crippen molar-refractivity contribution >= 4 is 29.9 Å². The van der Waals surface area contributed by atoms with Crippen molar-refractivity contribution in [1.29, 1.82) is 0 Å². The average molecular weight is 544 g/mol. The molecule has 0 aromatic carbocycles. The van der Waals surface area contributed by atoms with Crippen molar-refractivity contribution in [1.82, 2.24) is 24.7 Å². The van der Waals surface area contributed by atoms with E-state index in [2.05, 4.69) is 33.6 Å². The van der Waals surface area contributed by atoms with E-state index in [0.717, 1.165) is 44.4 Å². The second-order valence-corrected chi connectivity index (χ2v) is 8.10. The minimum Gasteiger partial charge on any atom is -0.357 e. The topological polar surface area (TPSA) is 48.7 Å². The molecule has 1 unspecified atom stereocenters. The highest BCUT2D eigenvalue weighted by Crippen LogP contribution is 2.21. The number of likely N-dealkylation sites (tertiary alicyclic amines) is 1. The molecular weight excluding hydrogens is 508 g/mol. The van der Waals surface area contributed by atoms with Gasteiger partial charge in [0, 0.05) is 45.1 Å². The van der Waals surface area contributed by atoms with E-state index in [4.69, 9.17) is 4.99 Å². The van der Waals surface area contributed by atoms with Gasteiger partial charge in [0.25, 0.3) is 0 Å². The first kappa shape index (κ1) is 27.0. The van der Waals surface area contributed by atoms with Crippen molar-refractivity contribution < 1.29 is 13.2 Å². The lowest BCUT2D eigenvalue weighted by molar-refractivity contribution is -0.146. The largest absolute Gasteiger partial charge is 0.401 e. The molecule has 1 aliphatic rings. The monoisotopic (exact) mass is 544 g/mol. The highest BCUT2D eigenvalue weighted by atomic mass is 127. The zero-order valence-corrected chi connectivity index (χ0v) is 20.8. The number of guanidine groups is 1. The maximum absolute atomic E-state index is 12.7. The number of hydrogen-bond acceptors (Lipinski definition) is 3. The molecule has 1 aromatic rings. The van der Waals surface area contributed by atoms with Gasteiger partial charge in [0.05, 0.1) is 6.54 Å². The summed E-state index contributed by atoms with van der Waals surface area (Å²) in [6.07, 6.45) is 0.499. The Morgan fingerprint density at radius 3 is 2.70 bits per heavy atom. The second kappa shape index (κ2) is 12.7. The molecule has 2 heterocycles. The number of halogens is 4. The van der Waals surface area contributed by atoms with Gasteiger partial charge in [-0.25, -0.2) is 9.98 Å².